The molecule has 2 N–H and O–H groups in total. The Kier molecular flexibility index (Phi) is 2.26. The van der Waals surface area contributed by atoms with Gasteiger partial charge in [-0.3, -0.25) is 0 Å². The largest absolute Gasteiger partial charge is 0.392 e. The summed E-state index contributed by atoms with van der Waals surface area (Å²) >= 11 is 0. The van der Waals surface area contributed by atoms with Crippen LogP contribution in [0, 0.1) is 13.8 Å². The molecule has 0 radical (unpaired) electrons. The number of rotatable bonds is 2. The lowest BCUT2D eigenvalue weighted by molar-refractivity contribution is 0.191. The summed E-state index contributed by atoms with van der Waals surface area (Å²) in [5.41, 5.74) is 2.41. The molecular weight excluding hydrogens is 144 g/mol. The van der Waals surface area contributed by atoms with Crippen LogP contribution >= 0.6 is 0 Å². The van der Waals surface area contributed by atoms with E-state index in [9.17, 15) is 0 Å². The number of nitrogens with zero attached hydrogens (tertiary/aromatic N) is 2. The first-order valence-electron chi connectivity index (χ1n) is 3.45. The van der Waals surface area contributed by atoms with E-state index in [-0.39, 0.29) is 13.3 Å². The molecule has 0 amide bonds. The van der Waals surface area contributed by atoms with Gasteiger partial charge in [0.2, 0.25) is 0 Å². The number of aryl methyl sites for hydroxylation is 1. The summed E-state index contributed by atoms with van der Waals surface area (Å²) in [6.45, 7) is 3.48. The molecule has 1 heterocycles. The predicted molar refractivity (Wildman–Crippen MR) is 39.8 cm³/mol. The third kappa shape index (κ3) is 1.27. The molecule has 1 rings (SSSR count). The van der Waals surface area contributed by atoms with Crippen molar-refractivity contribution in [2.24, 2.45) is 0 Å². The molecule has 0 aliphatic rings. The molecule has 0 aliphatic carbocycles. The van der Waals surface area contributed by atoms with Gasteiger partial charge in [0.25, 0.3) is 0 Å². The second-order valence-corrected chi connectivity index (χ2v) is 2.45. The molecule has 0 fully saturated rings. The Morgan fingerprint density at radius 2 is 2.00 bits per heavy atom. The molecule has 1 aromatic heterocycles. The van der Waals surface area contributed by atoms with Crippen LogP contribution in [-0.4, -0.2) is 20.0 Å². The van der Waals surface area contributed by atoms with E-state index in [1.54, 1.807) is 0 Å². The summed E-state index contributed by atoms with van der Waals surface area (Å²) in [5, 5.41) is 21.6. The maximum absolute atomic E-state index is 8.87. The van der Waals surface area contributed by atoms with E-state index in [1.165, 1.54) is 4.68 Å². The molecule has 4 nitrogen and oxygen atoms in total. The number of hydrogen-bond acceptors (Lipinski definition) is 3. The van der Waals surface area contributed by atoms with E-state index in [2.05, 4.69) is 5.10 Å². The predicted octanol–water partition coefficient (Wildman–Crippen LogP) is -0.0580. The minimum atomic E-state index is -0.132. The summed E-state index contributed by atoms with van der Waals surface area (Å²) < 4.78 is 1.46. The first kappa shape index (κ1) is 8.23. The SMILES string of the molecule is Cc1nn(CO)c(C)c1CO. The van der Waals surface area contributed by atoms with Crippen molar-refractivity contribution in [3.8, 4) is 0 Å². The van der Waals surface area contributed by atoms with Crippen molar-refractivity contribution in [1.29, 1.82) is 0 Å². The second-order valence-electron chi connectivity index (χ2n) is 2.45. The number of hydrogen-bond donors (Lipinski definition) is 2. The lowest BCUT2D eigenvalue weighted by Gasteiger charge is -1.97. The highest BCUT2D eigenvalue weighted by molar-refractivity contribution is 5.23. The Balaban J connectivity index is 3.14. The van der Waals surface area contributed by atoms with Gasteiger partial charge < -0.3 is 10.2 Å². The molecule has 0 unspecified atom stereocenters. The van der Waals surface area contributed by atoms with E-state index in [4.69, 9.17) is 10.2 Å². The van der Waals surface area contributed by atoms with Crippen LogP contribution in [-0.2, 0) is 13.3 Å². The summed E-state index contributed by atoms with van der Waals surface area (Å²) in [5.74, 6) is 0. The molecule has 0 aliphatic heterocycles. The van der Waals surface area contributed by atoms with Gasteiger partial charge in [-0.15, -0.1) is 0 Å². The van der Waals surface area contributed by atoms with Crippen molar-refractivity contribution in [2.45, 2.75) is 27.2 Å². The first-order valence-corrected chi connectivity index (χ1v) is 3.45. The Morgan fingerprint density at radius 3 is 2.27 bits per heavy atom. The van der Waals surface area contributed by atoms with Gasteiger partial charge in [-0.05, 0) is 13.8 Å². The minimum Gasteiger partial charge on any atom is -0.392 e. The van der Waals surface area contributed by atoms with Gasteiger partial charge in [0.15, 0.2) is 0 Å². The number of aromatic nitrogens is 2. The monoisotopic (exact) mass is 156 g/mol. The fraction of sp³-hybridized carbons (Fsp3) is 0.571. The van der Waals surface area contributed by atoms with E-state index in [1.807, 2.05) is 13.8 Å². The van der Waals surface area contributed by atoms with E-state index < -0.39 is 0 Å². The highest BCUT2D eigenvalue weighted by atomic mass is 16.3. The van der Waals surface area contributed by atoms with Gasteiger partial charge in [-0.1, -0.05) is 0 Å². The fourth-order valence-electron chi connectivity index (χ4n) is 1.10. The Hall–Kier alpha value is -0.870. The maximum atomic E-state index is 8.87. The second kappa shape index (κ2) is 3.02. The molecule has 1 aromatic rings. The Bertz CT molecular complexity index is 255. The van der Waals surface area contributed by atoms with Crippen molar-refractivity contribution in [2.75, 3.05) is 0 Å². The van der Waals surface area contributed by atoms with Crippen molar-refractivity contribution in [3.05, 3.63) is 17.0 Å². The van der Waals surface area contributed by atoms with E-state index >= 15 is 0 Å². The average Bonchev–Trinajstić information content (AvgIpc) is 2.26. The Morgan fingerprint density at radius 1 is 1.36 bits per heavy atom. The number of aliphatic hydroxyl groups is 2. The van der Waals surface area contributed by atoms with Crippen LogP contribution in [0.25, 0.3) is 0 Å². The third-order valence-corrected chi connectivity index (χ3v) is 1.82. The normalized spacial score (nSPS) is 10.5. The molecule has 0 saturated carbocycles. The summed E-state index contributed by atoms with van der Waals surface area (Å²) in [4.78, 5) is 0. The molecule has 62 valence electrons. The molecule has 0 aromatic carbocycles. The molecular formula is C7H12N2O2. The Labute approximate surface area is 65.1 Å². The molecule has 11 heavy (non-hydrogen) atoms. The van der Waals surface area contributed by atoms with Crippen LogP contribution in [0.3, 0.4) is 0 Å². The van der Waals surface area contributed by atoms with Crippen molar-refractivity contribution < 1.29 is 10.2 Å². The molecule has 0 saturated heterocycles. The molecule has 0 atom stereocenters. The van der Waals surface area contributed by atoms with Gasteiger partial charge >= 0.3 is 0 Å². The topological polar surface area (TPSA) is 58.3 Å². The molecule has 4 heteroatoms. The van der Waals surface area contributed by atoms with Crippen LogP contribution in [0.4, 0.5) is 0 Å². The van der Waals surface area contributed by atoms with Gasteiger partial charge in [0, 0.05) is 11.3 Å². The lowest BCUT2D eigenvalue weighted by atomic mass is 10.2. The lowest BCUT2D eigenvalue weighted by Crippen LogP contribution is -2.01. The average molecular weight is 156 g/mol. The third-order valence-electron chi connectivity index (χ3n) is 1.82. The van der Waals surface area contributed by atoms with Crippen LogP contribution in [0.2, 0.25) is 0 Å². The van der Waals surface area contributed by atoms with Gasteiger partial charge in [0.05, 0.1) is 12.3 Å². The van der Waals surface area contributed by atoms with Crippen molar-refractivity contribution in [3.63, 3.8) is 0 Å². The van der Waals surface area contributed by atoms with E-state index in [0.717, 1.165) is 17.0 Å². The molecule has 0 spiro atoms. The number of aliphatic hydroxyl groups excluding tert-OH is 2. The highest BCUT2D eigenvalue weighted by Crippen LogP contribution is 2.11. The fourth-order valence-corrected chi connectivity index (χ4v) is 1.10. The summed E-state index contributed by atoms with van der Waals surface area (Å²) in [6.07, 6.45) is 0. The van der Waals surface area contributed by atoms with Gasteiger partial charge in [-0.2, -0.15) is 5.10 Å². The van der Waals surface area contributed by atoms with Crippen LogP contribution in [0.1, 0.15) is 17.0 Å². The first-order chi connectivity index (χ1) is 5.20. The zero-order valence-corrected chi connectivity index (χ0v) is 6.70. The zero-order valence-electron chi connectivity index (χ0n) is 6.70. The van der Waals surface area contributed by atoms with Crippen molar-refractivity contribution >= 4 is 0 Å². The minimum absolute atomic E-state index is 0.0162. The maximum Gasteiger partial charge on any atom is 0.136 e. The van der Waals surface area contributed by atoms with Crippen LogP contribution in [0.5, 0.6) is 0 Å². The zero-order chi connectivity index (χ0) is 8.43. The van der Waals surface area contributed by atoms with Crippen LogP contribution in [0.15, 0.2) is 0 Å². The van der Waals surface area contributed by atoms with Gasteiger partial charge in [-0.25, -0.2) is 4.68 Å². The quantitative estimate of drug-likeness (QED) is 0.630. The van der Waals surface area contributed by atoms with E-state index in [0.29, 0.717) is 0 Å². The smallest absolute Gasteiger partial charge is 0.136 e. The summed E-state index contributed by atoms with van der Waals surface area (Å²) in [7, 11) is 0. The highest BCUT2D eigenvalue weighted by Gasteiger charge is 2.08. The standard InChI is InChI=1S/C7H12N2O2/c1-5-7(3-10)6(2)9(4-11)8-5/h10-11H,3-4H2,1-2H3. The summed E-state index contributed by atoms with van der Waals surface area (Å²) in [6, 6.07) is 0. The van der Waals surface area contributed by atoms with Crippen LogP contribution < -0.4 is 0 Å². The molecule has 0 bridgehead atoms. The van der Waals surface area contributed by atoms with Crippen molar-refractivity contribution in [1.82, 2.24) is 9.78 Å². The van der Waals surface area contributed by atoms with Gasteiger partial charge in [0.1, 0.15) is 6.73 Å².